The van der Waals surface area contributed by atoms with Gasteiger partial charge in [-0.3, -0.25) is 0 Å². The Morgan fingerprint density at radius 1 is 1.43 bits per heavy atom. The number of hydrogen-bond donors (Lipinski definition) is 1. The largest absolute Gasteiger partial charge is 0.505 e. The van der Waals surface area contributed by atoms with Gasteiger partial charge in [-0.15, -0.1) is 11.3 Å². The highest BCUT2D eigenvalue weighted by molar-refractivity contribution is 7.18. The zero-order valence-electron chi connectivity index (χ0n) is 7.91. The number of nitrogens with zero attached hydrogens (tertiary/aromatic N) is 1. The predicted octanol–water partition coefficient (Wildman–Crippen LogP) is 3.26. The van der Waals surface area contributed by atoms with Crippen molar-refractivity contribution in [3.8, 4) is 5.75 Å². The van der Waals surface area contributed by atoms with Crippen molar-refractivity contribution in [2.24, 2.45) is 0 Å². The third kappa shape index (κ3) is 1.35. The number of rotatable bonds is 1. The minimum absolute atomic E-state index is 0.286. The summed E-state index contributed by atoms with van der Waals surface area (Å²) in [4.78, 5) is 4.28. The maximum atomic E-state index is 13.4. The summed E-state index contributed by atoms with van der Waals surface area (Å²) in [5, 5.41) is 10.1. The topological polar surface area (TPSA) is 33.1 Å². The lowest BCUT2D eigenvalue weighted by molar-refractivity contribution is 0.436. The zero-order valence-corrected chi connectivity index (χ0v) is 8.73. The van der Waals surface area contributed by atoms with Crippen LogP contribution in [0.3, 0.4) is 0 Å². The van der Waals surface area contributed by atoms with E-state index in [9.17, 15) is 4.39 Å². The molecule has 0 spiro atoms. The average molecular weight is 211 g/mol. The third-order valence-corrected chi connectivity index (χ3v) is 3.35. The maximum Gasteiger partial charge on any atom is 0.184 e. The lowest BCUT2D eigenvalue weighted by Gasteiger charge is -1.94. The van der Waals surface area contributed by atoms with Gasteiger partial charge in [0, 0.05) is 5.92 Å². The Bertz CT molecular complexity index is 478. The minimum Gasteiger partial charge on any atom is -0.505 e. The quantitative estimate of drug-likeness (QED) is 0.785. The second kappa shape index (κ2) is 3.20. The van der Waals surface area contributed by atoms with E-state index in [4.69, 9.17) is 5.11 Å². The number of fused-ring (bicyclic) bond motifs is 1. The van der Waals surface area contributed by atoms with E-state index in [-0.39, 0.29) is 11.7 Å². The Kier molecular flexibility index (Phi) is 2.15. The molecule has 0 radical (unpaired) electrons. The first-order valence-corrected chi connectivity index (χ1v) is 5.19. The predicted molar refractivity (Wildman–Crippen MR) is 55.3 cm³/mol. The van der Waals surface area contributed by atoms with Crippen LogP contribution in [0.25, 0.3) is 10.2 Å². The van der Waals surface area contributed by atoms with Gasteiger partial charge in [0.2, 0.25) is 0 Å². The number of phenols is 1. The van der Waals surface area contributed by atoms with Crippen LogP contribution in [-0.2, 0) is 0 Å². The van der Waals surface area contributed by atoms with Crippen molar-refractivity contribution in [1.82, 2.24) is 4.98 Å². The molecule has 2 nitrogen and oxygen atoms in total. The molecule has 0 aliphatic heterocycles. The first-order valence-electron chi connectivity index (χ1n) is 4.37. The van der Waals surface area contributed by atoms with Crippen LogP contribution in [0, 0.1) is 5.82 Å². The van der Waals surface area contributed by atoms with Crippen LogP contribution in [0.5, 0.6) is 5.75 Å². The number of aromatic nitrogens is 1. The van der Waals surface area contributed by atoms with Gasteiger partial charge in [-0.2, -0.15) is 0 Å². The molecule has 14 heavy (non-hydrogen) atoms. The molecule has 0 unspecified atom stereocenters. The Labute approximate surface area is 85.0 Å². The number of benzene rings is 1. The fourth-order valence-electron chi connectivity index (χ4n) is 1.21. The molecule has 1 N–H and O–H groups in total. The van der Waals surface area contributed by atoms with Gasteiger partial charge in [-0.05, 0) is 12.1 Å². The van der Waals surface area contributed by atoms with Crippen molar-refractivity contribution in [3.05, 3.63) is 23.0 Å². The van der Waals surface area contributed by atoms with E-state index in [2.05, 4.69) is 4.98 Å². The number of thiazole rings is 1. The van der Waals surface area contributed by atoms with Crippen LogP contribution in [-0.4, -0.2) is 10.1 Å². The Morgan fingerprint density at radius 3 is 2.79 bits per heavy atom. The molecule has 0 amide bonds. The molecule has 0 saturated carbocycles. The van der Waals surface area contributed by atoms with Crippen LogP contribution in [0.4, 0.5) is 4.39 Å². The third-order valence-electron chi connectivity index (χ3n) is 1.99. The summed E-state index contributed by atoms with van der Waals surface area (Å²) in [5.41, 5.74) is 0.619. The van der Waals surface area contributed by atoms with E-state index < -0.39 is 5.82 Å². The lowest BCUT2D eigenvalue weighted by Crippen LogP contribution is -1.82. The molecule has 1 aromatic carbocycles. The second-order valence-corrected chi connectivity index (χ2v) is 4.48. The summed E-state index contributed by atoms with van der Waals surface area (Å²) in [6.07, 6.45) is 0. The van der Waals surface area contributed by atoms with Crippen molar-refractivity contribution >= 4 is 21.6 Å². The highest BCUT2D eigenvalue weighted by Gasteiger charge is 2.13. The van der Waals surface area contributed by atoms with Gasteiger partial charge in [0.1, 0.15) is 0 Å². The molecular weight excluding hydrogens is 201 g/mol. The highest BCUT2D eigenvalue weighted by Crippen LogP contribution is 2.32. The smallest absolute Gasteiger partial charge is 0.184 e. The molecule has 0 aliphatic rings. The minimum atomic E-state index is -0.563. The van der Waals surface area contributed by atoms with Gasteiger partial charge in [-0.1, -0.05) is 13.8 Å². The Balaban J connectivity index is 2.71. The molecule has 4 heteroatoms. The van der Waals surface area contributed by atoms with Crippen molar-refractivity contribution in [1.29, 1.82) is 0 Å². The summed E-state index contributed by atoms with van der Waals surface area (Å²) in [6.45, 7) is 4.02. The van der Waals surface area contributed by atoms with Crippen LogP contribution in [0.2, 0.25) is 0 Å². The van der Waals surface area contributed by atoms with Crippen molar-refractivity contribution in [2.75, 3.05) is 0 Å². The SMILES string of the molecule is CC(C)c1nc2ccc(O)c(F)c2s1. The molecule has 2 rings (SSSR count). The van der Waals surface area contributed by atoms with Gasteiger partial charge in [0.15, 0.2) is 11.6 Å². The Morgan fingerprint density at radius 2 is 2.14 bits per heavy atom. The normalized spacial score (nSPS) is 11.4. The summed E-state index contributed by atoms with van der Waals surface area (Å²) in [7, 11) is 0. The van der Waals surface area contributed by atoms with Crippen LogP contribution >= 0.6 is 11.3 Å². The fourth-order valence-corrected chi connectivity index (χ4v) is 2.21. The van der Waals surface area contributed by atoms with Crippen molar-refractivity contribution in [2.45, 2.75) is 19.8 Å². The van der Waals surface area contributed by atoms with Gasteiger partial charge >= 0.3 is 0 Å². The number of hydrogen-bond acceptors (Lipinski definition) is 3. The Hall–Kier alpha value is -1.16. The van der Waals surface area contributed by atoms with Crippen molar-refractivity contribution in [3.63, 3.8) is 0 Å². The number of halogens is 1. The van der Waals surface area contributed by atoms with E-state index in [1.54, 1.807) is 6.07 Å². The first-order chi connectivity index (χ1) is 6.59. The van der Waals surface area contributed by atoms with Crippen LogP contribution < -0.4 is 0 Å². The van der Waals surface area contributed by atoms with Gasteiger partial charge in [-0.25, -0.2) is 9.37 Å². The molecule has 2 aromatic rings. The van der Waals surface area contributed by atoms with Crippen LogP contribution in [0.1, 0.15) is 24.8 Å². The molecule has 0 aliphatic carbocycles. The monoisotopic (exact) mass is 211 g/mol. The zero-order chi connectivity index (χ0) is 10.3. The second-order valence-electron chi connectivity index (χ2n) is 3.45. The van der Waals surface area contributed by atoms with E-state index >= 15 is 0 Å². The summed E-state index contributed by atoms with van der Waals surface area (Å²) >= 11 is 1.30. The molecule has 0 fully saturated rings. The molecule has 74 valence electrons. The summed E-state index contributed by atoms with van der Waals surface area (Å²) < 4.78 is 13.8. The van der Waals surface area contributed by atoms with Gasteiger partial charge in [0.05, 0.1) is 15.2 Å². The van der Waals surface area contributed by atoms with Crippen molar-refractivity contribution < 1.29 is 9.50 Å². The lowest BCUT2D eigenvalue weighted by atomic mass is 10.2. The molecule has 1 heterocycles. The number of phenolic OH excluding ortho intramolecular Hbond substituents is 1. The van der Waals surface area contributed by atoms with E-state index in [1.165, 1.54) is 17.4 Å². The summed E-state index contributed by atoms with van der Waals surface area (Å²) in [6, 6.07) is 2.97. The molecule has 0 bridgehead atoms. The van der Waals surface area contributed by atoms with E-state index in [0.717, 1.165) is 5.01 Å². The molecule has 1 aromatic heterocycles. The highest BCUT2D eigenvalue weighted by atomic mass is 32.1. The molecular formula is C10H10FNOS. The van der Waals surface area contributed by atoms with Gasteiger partial charge < -0.3 is 5.11 Å². The van der Waals surface area contributed by atoms with Crippen LogP contribution in [0.15, 0.2) is 12.1 Å². The van der Waals surface area contributed by atoms with Gasteiger partial charge in [0.25, 0.3) is 0 Å². The standard InChI is InChI=1S/C10H10FNOS/c1-5(2)10-12-6-3-4-7(13)8(11)9(6)14-10/h3-5,13H,1-2H3. The fraction of sp³-hybridized carbons (Fsp3) is 0.300. The molecule has 0 atom stereocenters. The molecule has 0 saturated heterocycles. The first kappa shape index (κ1) is 9.40. The van der Waals surface area contributed by atoms with E-state index in [1.807, 2.05) is 13.8 Å². The number of aromatic hydroxyl groups is 1. The summed E-state index contributed by atoms with van der Waals surface area (Å²) in [5.74, 6) is -0.586. The maximum absolute atomic E-state index is 13.4. The van der Waals surface area contributed by atoms with E-state index in [0.29, 0.717) is 10.2 Å². The average Bonchev–Trinajstić information content (AvgIpc) is 2.56.